The van der Waals surface area contributed by atoms with Crippen LogP contribution in [0.3, 0.4) is 0 Å². The van der Waals surface area contributed by atoms with E-state index in [1.54, 1.807) is 0 Å². The van der Waals surface area contributed by atoms with Crippen LogP contribution in [0, 0.1) is 20.2 Å². The minimum Gasteiger partial charge on any atom is -0.423 e. The largest absolute Gasteiger partial charge is 0.423 e. The van der Waals surface area contributed by atoms with Crippen molar-refractivity contribution >= 4 is 58.3 Å². The summed E-state index contributed by atoms with van der Waals surface area (Å²) in [6.07, 6.45) is 0. The van der Waals surface area contributed by atoms with Crippen molar-refractivity contribution in [2.75, 3.05) is 9.80 Å². The molecule has 5 aromatic rings. The number of carbonyl (C=O) groups excluding carboxylic acids is 6. The van der Waals surface area contributed by atoms with Gasteiger partial charge in [-0.05, 0) is 72.8 Å². The minimum absolute atomic E-state index is 0.00151. The molecule has 7 rings (SSSR count). The average Bonchev–Trinajstić information content (AvgIpc) is 3.55. The molecule has 2 aliphatic heterocycles. The zero-order valence-electron chi connectivity index (χ0n) is 26.1. The third-order valence-corrected chi connectivity index (χ3v) is 8.09. The van der Waals surface area contributed by atoms with E-state index < -0.39 is 45.4 Å². The molecule has 0 saturated heterocycles. The quantitative estimate of drug-likeness (QED) is 0.0642. The van der Waals surface area contributed by atoms with Gasteiger partial charge in [0.1, 0.15) is 11.5 Å². The molecule has 0 saturated carbocycles. The van der Waals surface area contributed by atoms with Crippen LogP contribution in [0.5, 0.6) is 11.5 Å². The zero-order chi connectivity index (χ0) is 36.8. The fraction of sp³-hybridized carbons (Fsp3) is 0. The van der Waals surface area contributed by atoms with Gasteiger partial charge in [-0.2, -0.15) is 0 Å². The average molecular weight is 699 g/mol. The Morgan fingerprint density at radius 1 is 0.481 bits per heavy atom. The number of carbonyl (C=O) groups is 6. The summed E-state index contributed by atoms with van der Waals surface area (Å²) in [5.74, 6) is -4.67. The van der Waals surface area contributed by atoms with E-state index >= 15 is 0 Å². The fourth-order valence-electron chi connectivity index (χ4n) is 5.60. The highest BCUT2D eigenvalue weighted by molar-refractivity contribution is 6.35. The Kier molecular flexibility index (Phi) is 7.87. The lowest BCUT2D eigenvalue weighted by Gasteiger charge is -2.13. The summed E-state index contributed by atoms with van der Waals surface area (Å²) in [4.78, 5) is 101. The van der Waals surface area contributed by atoms with Crippen LogP contribution < -0.4 is 19.3 Å². The number of benzene rings is 5. The lowest BCUT2D eigenvalue weighted by Crippen LogP contribution is -2.29. The first-order chi connectivity index (χ1) is 24.9. The van der Waals surface area contributed by atoms with Gasteiger partial charge in [0.25, 0.3) is 35.0 Å². The fourth-order valence-corrected chi connectivity index (χ4v) is 5.60. The molecule has 4 amide bonds. The summed E-state index contributed by atoms with van der Waals surface area (Å²) in [6, 6.07) is 22.8. The van der Waals surface area contributed by atoms with E-state index in [4.69, 9.17) is 9.47 Å². The number of imide groups is 2. The van der Waals surface area contributed by atoms with Crippen LogP contribution in [-0.4, -0.2) is 45.4 Å². The van der Waals surface area contributed by atoms with Crippen LogP contribution in [0.25, 0.3) is 0 Å². The van der Waals surface area contributed by atoms with E-state index in [-0.39, 0.29) is 67.6 Å². The van der Waals surface area contributed by atoms with Crippen molar-refractivity contribution in [2.45, 2.75) is 0 Å². The van der Waals surface area contributed by atoms with E-state index in [1.165, 1.54) is 97.1 Å². The maximum absolute atomic E-state index is 13.1. The molecule has 0 unspecified atom stereocenters. The molecule has 0 aromatic heterocycles. The van der Waals surface area contributed by atoms with Gasteiger partial charge in [-0.3, -0.25) is 39.4 Å². The van der Waals surface area contributed by atoms with E-state index in [1.807, 2.05) is 0 Å². The number of fused-ring (bicyclic) bond motifs is 2. The predicted molar refractivity (Wildman–Crippen MR) is 178 cm³/mol. The second-order valence-electron chi connectivity index (χ2n) is 11.2. The predicted octanol–water partition coefficient (Wildman–Crippen LogP) is 5.54. The lowest BCUT2D eigenvalue weighted by atomic mass is 10.1. The number of hydrogen-bond donors (Lipinski definition) is 0. The molecule has 0 radical (unpaired) electrons. The Morgan fingerprint density at radius 3 is 1.21 bits per heavy atom. The molecule has 2 aliphatic rings. The standard InChI is InChI=1S/C36H18N4O12/c41-31-27-13-7-19(15-29(27)33(43)37(31)21-3-1-5-23(17-21)39(47)48)35(45)51-25-9-11-26(12-10-25)52-36(46)20-8-14-28-30(16-20)34(44)38(32(28)42)22-4-2-6-24(18-22)40(49)50/h1-18H. The van der Waals surface area contributed by atoms with E-state index in [0.29, 0.717) is 0 Å². The maximum atomic E-state index is 13.1. The van der Waals surface area contributed by atoms with Gasteiger partial charge >= 0.3 is 11.9 Å². The number of non-ortho nitro benzene ring substituents is 2. The van der Waals surface area contributed by atoms with Crippen molar-refractivity contribution in [3.8, 4) is 11.5 Å². The van der Waals surface area contributed by atoms with Crippen molar-refractivity contribution in [2.24, 2.45) is 0 Å². The smallest absolute Gasteiger partial charge is 0.343 e. The first-order valence-electron chi connectivity index (χ1n) is 15.0. The first kappa shape index (κ1) is 32.7. The number of nitrogens with zero attached hydrogens (tertiary/aromatic N) is 4. The molecule has 16 nitrogen and oxygen atoms in total. The number of nitro groups is 2. The van der Waals surface area contributed by atoms with Gasteiger partial charge in [0.05, 0.1) is 54.6 Å². The van der Waals surface area contributed by atoms with E-state index in [2.05, 4.69) is 0 Å². The summed E-state index contributed by atoms with van der Waals surface area (Å²) in [6.45, 7) is 0. The van der Waals surface area contributed by atoms with Crippen LogP contribution in [-0.2, 0) is 0 Å². The molecule has 254 valence electrons. The summed E-state index contributed by atoms with van der Waals surface area (Å²) >= 11 is 0. The third kappa shape index (κ3) is 5.67. The van der Waals surface area contributed by atoms with Gasteiger partial charge in [-0.25, -0.2) is 19.4 Å². The van der Waals surface area contributed by atoms with Crippen molar-refractivity contribution in [1.82, 2.24) is 0 Å². The highest BCUT2D eigenvalue weighted by atomic mass is 16.6. The van der Waals surface area contributed by atoms with Crippen molar-refractivity contribution in [3.05, 3.63) is 163 Å². The summed E-state index contributed by atoms with van der Waals surface area (Å²) < 4.78 is 10.8. The van der Waals surface area contributed by atoms with E-state index in [9.17, 15) is 49.0 Å². The molecular formula is C36H18N4O12. The van der Waals surface area contributed by atoms with Crippen molar-refractivity contribution in [1.29, 1.82) is 0 Å². The second-order valence-corrected chi connectivity index (χ2v) is 11.2. The minimum atomic E-state index is -0.877. The van der Waals surface area contributed by atoms with Crippen LogP contribution in [0.4, 0.5) is 22.7 Å². The molecule has 0 spiro atoms. The molecule has 0 N–H and O–H groups in total. The topological polar surface area (TPSA) is 214 Å². The Hall–Kier alpha value is -7.88. The van der Waals surface area contributed by atoms with Gasteiger partial charge in [-0.1, -0.05) is 12.1 Å². The molecule has 16 heteroatoms. The molecule has 5 aromatic carbocycles. The molecule has 0 aliphatic carbocycles. The van der Waals surface area contributed by atoms with Crippen molar-refractivity contribution in [3.63, 3.8) is 0 Å². The van der Waals surface area contributed by atoms with Crippen LogP contribution >= 0.6 is 0 Å². The molecular weight excluding hydrogens is 680 g/mol. The molecule has 0 bridgehead atoms. The normalized spacial score (nSPS) is 13.2. The summed E-state index contributed by atoms with van der Waals surface area (Å²) in [7, 11) is 0. The van der Waals surface area contributed by atoms with Gasteiger partial charge in [-0.15, -0.1) is 0 Å². The molecule has 0 atom stereocenters. The van der Waals surface area contributed by atoms with Crippen LogP contribution in [0.15, 0.2) is 109 Å². The van der Waals surface area contributed by atoms with Gasteiger partial charge in [0.15, 0.2) is 0 Å². The Bertz CT molecular complexity index is 2290. The number of esters is 2. The molecule has 52 heavy (non-hydrogen) atoms. The molecule has 2 heterocycles. The Morgan fingerprint density at radius 2 is 0.846 bits per heavy atom. The maximum Gasteiger partial charge on any atom is 0.343 e. The number of ether oxygens (including phenoxy) is 2. The van der Waals surface area contributed by atoms with E-state index in [0.717, 1.165) is 21.9 Å². The number of anilines is 2. The first-order valence-corrected chi connectivity index (χ1v) is 15.0. The lowest BCUT2D eigenvalue weighted by molar-refractivity contribution is -0.385. The Balaban J connectivity index is 1.01. The summed E-state index contributed by atoms with van der Waals surface area (Å²) in [5.41, 5.74) is -0.961. The van der Waals surface area contributed by atoms with Crippen molar-refractivity contribution < 1.29 is 48.1 Å². The second kappa shape index (κ2) is 12.5. The Labute approximate surface area is 290 Å². The molecule has 0 fully saturated rings. The van der Waals surface area contributed by atoms with Gasteiger partial charge < -0.3 is 9.47 Å². The van der Waals surface area contributed by atoms with Gasteiger partial charge in [0, 0.05) is 24.3 Å². The van der Waals surface area contributed by atoms with Gasteiger partial charge in [0.2, 0.25) is 0 Å². The highest BCUT2D eigenvalue weighted by Gasteiger charge is 2.39. The SMILES string of the molecule is O=C(Oc1ccc(OC(=O)c2ccc3c(c2)C(=O)N(c2cccc([N+](=O)[O-])c2)C3=O)cc1)c1ccc2c(c1)C(=O)N(c1cccc([N+](=O)[O-])c1)C2=O. The van der Waals surface area contributed by atoms with Crippen LogP contribution in [0.1, 0.15) is 62.1 Å². The highest BCUT2D eigenvalue weighted by Crippen LogP contribution is 2.33. The van der Waals surface area contributed by atoms with Crippen LogP contribution in [0.2, 0.25) is 0 Å². The number of rotatable bonds is 8. The third-order valence-electron chi connectivity index (χ3n) is 8.09. The zero-order valence-corrected chi connectivity index (χ0v) is 26.1. The number of hydrogen-bond acceptors (Lipinski definition) is 12. The monoisotopic (exact) mass is 698 g/mol. The summed E-state index contributed by atoms with van der Waals surface area (Å²) in [5, 5.41) is 22.3. The number of nitro benzene ring substituents is 2. The number of amides is 4.